The van der Waals surface area contributed by atoms with Crippen molar-refractivity contribution < 1.29 is 4.74 Å². The smallest absolute Gasteiger partial charge is 0.219 e. The van der Waals surface area contributed by atoms with Crippen LogP contribution in [0.5, 0.6) is 5.88 Å². The highest BCUT2D eigenvalue weighted by Crippen LogP contribution is 2.15. The van der Waals surface area contributed by atoms with Crippen LogP contribution in [-0.4, -0.2) is 9.97 Å². The molecule has 0 aliphatic rings. The molecule has 5 nitrogen and oxygen atoms in total. The van der Waals surface area contributed by atoms with E-state index in [1.165, 1.54) is 0 Å². The average molecular weight is 309 g/mol. The highest BCUT2D eigenvalue weighted by atomic mass is 79.9. The first-order valence-corrected chi connectivity index (χ1v) is 6.16. The number of hydrogen-bond acceptors (Lipinski definition) is 5. The van der Waals surface area contributed by atoms with Crippen LogP contribution in [0.3, 0.4) is 0 Å². The molecule has 0 aliphatic heterocycles. The largest absolute Gasteiger partial charge is 0.473 e. The molecule has 1 heterocycles. The normalized spacial score (nSPS) is 10.2. The van der Waals surface area contributed by atoms with Gasteiger partial charge in [0.05, 0.1) is 0 Å². The predicted molar refractivity (Wildman–Crippen MR) is 73.1 cm³/mol. The summed E-state index contributed by atoms with van der Waals surface area (Å²) in [6.45, 7) is 2.24. The Morgan fingerprint density at radius 1 is 1.28 bits per heavy atom. The van der Waals surface area contributed by atoms with Crippen molar-refractivity contribution in [2.45, 2.75) is 13.5 Å². The Hall–Kier alpha value is -1.66. The maximum Gasteiger partial charge on any atom is 0.219 e. The van der Waals surface area contributed by atoms with E-state index in [2.05, 4.69) is 31.3 Å². The van der Waals surface area contributed by atoms with E-state index < -0.39 is 0 Å². The first-order chi connectivity index (χ1) is 8.67. The van der Waals surface area contributed by atoms with Gasteiger partial charge in [0.1, 0.15) is 18.2 Å². The van der Waals surface area contributed by atoms with Crippen LogP contribution in [-0.2, 0) is 6.61 Å². The van der Waals surface area contributed by atoms with Gasteiger partial charge in [-0.15, -0.1) is 0 Å². The molecule has 1 aromatic heterocycles. The summed E-state index contributed by atoms with van der Waals surface area (Å²) < 4.78 is 6.63. The quantitative estimate of drug-likeness (QED) is 0.670. The average Bonchev–Trinajstić information content (AvgIpc) is 2.37. The fourth-order valence-electron chi connectivity index (χ4n) is 1.43. The van der Waals surface area contributed by atoms with E-state index in [-0.39, 0.29) is 0 Å². The highest BCUT2D eigenvalue weighted by Gasteiger charge is 2.02. The second-order valence-corrected chi connectivity index (χ2v) is 4.61. The van der Waals surface area contributed by atoms with Gasteiger partial charge in [0, 0.05) is 10.5 Å². The molecular formula is C12H13BrN4O. The minimum Gasteiger partial charge on any atom is -0.473 e. The summed E-state index contributed by atoms with van der Waals surface area (Å²) in [5, 5.41) is 0. The van der Waals surface area contributed by atoms with Crippen molar-refractivity contribution in [1.82, 2.24) is 9.97 Å². The molecular weight excluding hydrogens is 296 g/mol. The summed E-state index contributed by atoms with van der Waals surface area (Å²) in [6, 6.07) is 9.57. The van der Waals surface area contributed by atoms with Crippen molar-refractivity contribution in [3.05, 3.63) is 46.2 Å². The molecule has 2 aromatic rings. The summed E-state index contributed by atoms with van der Waals surface area (Å²) in [5.74, 6) is 6.95. The van der Waals surface area contributed by atoms with Gasteiger partial charge < -0.3 is 10.2 Å². The Morgan fingerprint density at radius 2 is 2.00 bits per heavy atom. The fourth-order valence-corrected chi connectivity index (χ4v) is 1.69. The molecule has 1 aromatic carbocycles. The van der Waals surface area contributed by atoms with Crippen LogP contribution in [0.1, 0.15) is 11.4 Å². The van der Waals surface area contributed by atoms with Crippen molar-refractivity contribution in [3.8, 4) is 5.88 Å². The van der Waals surface area contributed by atoms with Crippen LogP contribution >= 0.6 is 15.9 Å². The molecule has 2 rings (SSSR count). The van der Waals surface area contributed by atoms with Crippen molar-refractivity contribution in [1.29, 1.82) is 0 Å². The number of rotatable bonds is 4. The van der Waals surface area contributed by atoms with Gasteiger partial charge in [-0.05, 0) is 24.6 Å². The van der Waals surface area contributed by atoms with Crippen LogP contribution in [0.15, 0.2) is 34.8 Å². The molecule has 0 atom stereocenters. The van der Waals surface area contributed by atoms with E-state index in [1.54, 1.807) is 13.0 Å². The lowest BCUT2D eigenvalue weighted by molar-refractivity contribution is 0.293. The molecule has 0 radical (unpaired) electrons. The molecule has 0 saturated carbocycles. The van der Waals surface area contributed by atoms with E-state index >= 15 is 0 Å². The van der Waals surface area contributed by atoms with Crippen molar-refractivity contribution in [2.75, 3.05) is 5.43 Å². The lowest BCUT2D eigenvalue weighted by Gasteiger charge is -2.07. The first kappa shape index (κ1) is 12.8. The third-order valence-electron chi connectivity index (χ3n) is 2.26. The van der Waals surface area contributed by atoms with Crippen LogP contribution in [0.2, 0.25) is 0 Å². The Morgan fingerprint density at radius 3 is 2.67 bits per heavy atom. The van der Waals surface area contributed by atoms with Gasteiger partial charge in [0.2, 0.25) is 5.88 Å². The number of nitrogens with two attached hydrogens (primary N) is 1. The number of nitrogens with one attached hydrogen (secondary N) is 1. The Kier molecular flexibility index (Phi) is 4.11. The number of nitrogens with zero attached hydrogens (tertiary/aromatic N) is 2. The highest BCUT2D eigenvalue weighted by molar-refractivity contribution is 9.10. The first-order valence-electron chi connectivity index (χ1n) is 5.37. The third kappa shape index (κ3) is 3.41. The van der Waals surface area contributed by atoms with E-state index in [0.29, 0.717) is 24.1 Å². The number of hydrogen-bond donors (Lipinski definition) is 2. The summed E-state index contributed by atoms with van der Waals surface area (Å²) in [6.07, 6.45) is 0. The number of nitrogen functional groups attached to an aromatic ring is 1. The Labute approximate surface area is 113 Å². The van der Waals surface area contributed by atoms with E-state index in [4.69, 9.17) is 10.6 Å². The van der Waals surface area contributed by atoms with Gasteiger partial charge in [0.15, 0.2) is 0 Å². The molecule has 94 valence electrons. The number of halogens is 1. The lowest BCUT2D eigenvalue weighted by atomic mass is 10.2. The summed E-state index contributed by atoms with van der Waals surface area (Å²) >= 11 is 3.39. The number of aryl methyl sites for hydroxylation is 1. The maximum atomic E-state index is 5.59. The van der Waals surface area contributed by atoms with Gasteiger partial charge >= 0.3 is 0 Å². The van der Waals surface area contributed by atoms with Crippen LogP contribution in [0.4, 0.5) is 5.82 Å². The second kappa shape index (κ2) is 5.79. The fraction of sp³-hybridized carbons (Fsp3) is 0.167. The zero-order valence-corrected chi connectivity index (χ0v) is 11.4. The Bertz CT molecular complexity index is 530. The SMILES string of the molecule is Cc1nc(NN)cc(OCc2ccc(Br)cc2)n1. The summed E-state index contributed by atoms with van der Waals surface area (Å²) in [7, 11) is 0. The standard InChI is InChI=1S/C12H13BrN4O/c1-8-15-11(17-14)6-12(16-8)18-7-9-2-4-10(13)5-3-9/h2-6H,7,14H2,1H3,(H,15,16,17). The molecule has 0 bridgehead atoms. The van der Waals surface area contributed by atoms with E-state index in [1.807, 2.05) is 24.3 Å². The topological polar surface area (TPSA) is 73.1 Å². The number of ether oxygens (including phenoxy) is 1. The molecule has 6 heteroatoms. The number of hydrazine groups is 1. The van der Waals surface area contributed by atoms with Gasteiger partial charge in [-0.2, -0.15) is 4.98 Å². The van der Waals surface area contributed by atoms with E-state index in [0.717, 1.165) is 10.0 Å². The third-order valence-corrected chi connectivity index (χ3v) is 2.79. The minimum atomic E-state index is 0.452. The second-order valence-electron chi connectivity index (χ2n) is 3.70. The van der Waals surface area contributed by atoms with Crippen molar-refractivity contribution >= 4 is 21.7 Å². The van der Waals surface area contributed by atoms with Gasteiger partial charge in [0.25, 0.3) is 0 Å². The minimum absolute atomic E-state index is 0.452. The predicted octanol–water partition coefficient (Wildman–Crippen LogP) is 2.41. The van der Waals surface area contributed by atoms with Crippen molar-refractivity contribution in [3.63, 3.8) is 0 Å². The molecule has 0 aliphatic carbocycles. The van der Waals surface area contributed by atoms with Crippen LogP contribution in [0, 0.1) is 6.92 Å². The number of aromatic nitrogens is 2. The monoisotopic (exact) mass is 308 g/mol. The van der Waals surface area contributed by atoms with Gasteiger partial charge in [-0.3, -0.25) is 0 Å². The maximum absolute atomic E-state index is 5.59. The zero-order chi connectivity index (χ0) is 13.0. The molecule has 18 heavy (non-hydrogen) atoms. The van der Waals surface area contributed by atoms with Crippen LogP contribution < -0.4 is 16.0 Å². The molecule has 0 amide bonds. The molecule has 0 fully saturated rings. The van der Waals surface area contributed by atoms with E-state index in [9.17, 15) is 0 Å². The summed E-state index contributed by atoms with van der Waals surface area (Å²) in [5.41, 5.74) is 3.54. The molecule has 0 unspecified atom stereocenters. The van der Waals surface area contributed by atoms with Crippen LogP contribution in [0.25, 0.3) is 0 Å². The Balaban J connectivity index is 2.05. The van der Waals surface area contributed by atoms with Gasteiger partial charge in [-0.25, -0.2) is 10.8 Å². The molecule has 0 saturated heterocycles. The number of anilines is 1. The zero-order valence-electron chi connectivity index (χ0n) is 9.85. The lowest BCUT2D eigenvalue weighted by Crippen LogP contribution is -2.10. The summed E-state index contributed by atoms with van der Waals surface area (Å²) in [4.78, 5) is 8.26. The number of benzene rings is 1. The van der Waals surface area contributed by atoms with Crippen molar-refractivity contribution in [2.24, 2.45) is 5.84 Å². The molecule has 3 N–H and O–H groups in total. The molecule has 0 spiro atoms. The van der Waals surface area contributed by atoms with Gasteiger partial charge in [-0.1, -0.05) is 28.1 Å².